The van der Waals surface area contributed by atoms with E-state index in [-0.39, 0.29) is 0 Å². The molecule has 0 aliphatic heterocycles. The smallest absolute Gasteiger partial charge is 0.0589 e. The Morgan fingerprint density at radius 2 is 1.64 bits per heavy atom. The third-order valence-electron chi connectivity index (χ3n) is 3.61. The van der Waals surface area contributed by atoms with Gasteiger partial charge in [0.15, 0.2) is 0 Å². The summed E-state index contributed by atoms with van der Waals surface area (Å²) in [5, 5.41) is 0. The molecular formula is C12H23NO. The van der Waals surface area contributed by atoms with Crippen LogP contribution in [0.3, 0.4) is 0 Å². The average Bonchev–Trinajstić information content (AvgIpc) is 3.04. The molecule has 2 rings (SSSR count). The largest absolute Gasteiger partial charge is 0.383 e. The van der Waals surface area contributed by atoms with Crippen LogP contribution in [-0.2, 0) is 4.74 Å². The van der Waals surface area contributed by atoms with Crippen molar-refractivity contribution in [3.63, 3.8) is 0 Å². The van der Waals surface area contributed by atoms with Gasteiger partial charge in [-0.15, -0.1) is 0 Å². The highest BCUT2D eigenvalue weighted by Gasteiger charge is 2.33. The van der Waals surface area contributed by atoms with Crippen LogP contribution >= 0.6 is 0 Å². The van der Waals surface area contributed by atoms with Crippen molar-refractivity contribution in [3.8, 4) is 0 Å². The van der Waals surface area contributed by atoms with Crippen LogP contribution < -0.4 is 0 Å². The number of ether oxygens (including phenoxy) is 1. The summed E-state index contributed by atoms with van der Waals surface area (Å²) in [5.74, 6) is 0. The van der Waals surface area contributed by atoms with Crippen LogP contribution in [0.1, 0.15) is 44.9 Å². The second kappa shape index (κ2) is 5.13. The van der Waals surface area contributed by atoms with E-state index in [1.165, 1.54) is 44.9 Å². The number of methoxy groups -OCH3 is 1. The van der Waals surface area contributed by atoms with E-state index >= 15 is 0 Å². The molecule has 0 saturated heterocycles. The average molecular weight is 197 g/mol. The van der Waals surface area contributed by atoms with E-state index in [9.17, 15) is 0 Å². The molecule has 0 aromatic carbocycles. The maximum absolute atomic E-state index is 5.20. The molecule has 2 aliphatic carbocycles. The van der Waals surface area contributed by atoms with Crippen molar-refractivity contribution < 1.29 is 4.74 Å². The number of hydrogen-bond acceptors (Lipinski definition) is 2. The molecule has 0 bridgehead atoms. The van der Waals surface area contributed by atoms with E-state index in [0.717, 1.165) is 25.2 Å². The Hall–Kier alpha value is -0.0800. The van der Waals surface area contributed by atoms with E-state index < -0.39 is 0 Å². The molecule has 0 N–H and O–H groups in total. The Balaban J connectivity index is 1.81. The van der Waals surface area contributed by atoms with Crippen LogP contribution in [0.2, 0.25) is 0 Å². The highest BCUT2D eigenvalue weighted by molar-refractivity contribution is 4.89. The van der Waals surface area contributed by atoms with Crippen LogP contribution in [0.5, 0.6) is 0 Å². The lowest BCUT2D eigenvalue weighted by molar-refractivity contribution is 0.0960. The van der Waals surface area contributed by atoms with Gasteiger partial charge in [-0.2, -0.15) is 0 Å². The molecule has 2 heteroatoms. The zero-order chi connectivity index (χ0) is 9.80. The van der Waals surface area contributed by atoms with E-state index in [0.29, 0.717) is 0 Å². The Morgan fingerprint density at radius 3 is 2.21 bits per heavy atom. The first kappa shape index (κ1) is 10.4. The van der Waals surface area contributed by atoms with Crippen LogP contribution in [0, 0.1) is 0 Å². The number of hydrogen-bond donors (Lipinski definition) is 0. The Morgan fingerprint density at radius 1 is 1.00 bits per heavy atom. The van der Waals surface area contributed by atoms with Gasteiger partial charge in [0.25, 0.3) is 0 Å². The molecular weight excluding hydrogens is 174 g/mol. The van der Waals surface area contributed by atoms with Crippen molar-refractivity contribution in [1.82, 2.24) is 4.90 Å². The molecule has 2 aliphatic rings. The fourth-order valence-electron chi connectivity index (χ4n) is 2.68. The minimum Gasteiger partial charge on any atom is -0.383 e. The fourth-order valence-corrected chi connectivity index (χ4v) is 2.68. The minimum atomic E-state index is 0.881. The van der Waals surface area contributed by atoms with E-state index in [4.69, 9.17) is 4.74 Å². The van der Waals surface area contributed by atoms with Gasteiger partial charge in [0.2, 0.25) is 0 Å². The maximum atomic E-state index is 5.20. The van der Waals surface area contributed by atoms with Crippen molar-refractivity contribution in [3.05, 3.63) is 0 Å². The van der Waals surface area contributed by atoms with Crippen LogP contribution in [0.15, 0.2) is 0 Å². The summed E-state index contributed by atoms with van der Waals surface area (Å²) < 4.78 is 5.20. The molecule has 0 heterocycles. The molecule has 82 valence electrons. The minimum absolute atomic E-state index is 0.881. The number of nitrogens with zero attached hydrogens (tertiary/aromatic N) is 1. The lowest BCUT2D eigenvalue weighted by Crippen LogP contribution is -2.40. The first-order valence-electron chi connectivity index (χ1n) is 6.16. The highest BCUT2D eigenvalue weighted by atomic mass is 16.5. The summed E-state index contributed by atoms with van der Waals surface area (Å²) in [4.78, 5) is 2.72. The summed E-state index contributed by atoms with van der Waals surface area (Å²) >= 11 is 0. The van der Waals surface area contributed by atoms with Gasteiger partial charge in [0.1, 0.15) is 0 Å². The van der Waals surface area contributed by atoms with Crippen molar-refractivity contribution in [2.75, 3.05) is 20.3 Å². The van der Waals surface area contributed by atoms with Gasteiger partial charge in [-0.3, -0.25) is 4.90 Å². The molecule has 0 unspecified atom stereocenters. The lowest BCUT2D eigenvalue weighted by Gasteiger charge is -2.34. The molecule has 0 radical (unpaired) electrons. The van der Waals surface area contributed by atoms with Gasteiger partial charge in [-0.05, 0) is 25.7 Å². The molecule has 0 aromatic heterocycles. The standard InChI is InChI=1S/C12H23NO/c1-14-10-9-13(12-7-8-12)11-5-3-2-4-6-11/h11-12H,2-10H2,1H3. The summed E-state index contributed by atoms with van der Waals surface area (Å²) in [7, 11) is 1.81. The summed E-state index contributed by atoms with van der Waals surface area (Å²) in [6.07, 6.45) is 10.1. The molecule has 2 nitrogen and oxygen atoms in total. The molecule has 0 amide bonds. The topological polar surface area (TPSA) is 12.5 Å². The summed E-state index contributed by atoms with van der Waals surface area (Å²) in [6, 6.07) is 1.79. The summed E-state index contributed by atoms with van der Waals surface area (Å²) in [6.45, 7) is 2.07. The molecule has 0 spiro atoms. The third-order valence-corrected chi connectivity index (χ3v) is 3.61. The normalized spacial score (nSPS) is 24.4. The molecule has 0 atom stereocenters. The van der Waals surface area contributed by atoms with Gasteiger partial charge in [-0.25, -0.2) is 0 Å². The predicted octanol–water partition coefficient (Wildman–Crippen LogP) is 2.43. The van der Waals surface area contributed by atoms with Crippen molar-refractivity contribution in [2.24, 2.45) is 0 Å². The lowest BCUT2D eigenvalue weighted by atomic mass is 9.94. The van der Waals surface area contributed by atoms with Gasteiger partial charge in [-0.1, -0.05) is 19.3 Å². The molecule has 2 saturated carbocycles. The molecule has 14 heavy (non-hydrogen) atoms. The maximum Gasteiger partial charge on any atom is 0.0589 e. The van der Waals surface area contributed by atoms with Gasteiger partial charge in [0, 0.05) is 25.7 Å². The summed E-state index contributed by atoms with van der Waals surface area (Å²) in [5.41, 5.74) is 0. The van der Waals surface area contributed by atoms with Crippen LogP contribution in [-0.4, -0.2) is 37.2 Å². The zero-order valence-corrected chi connectivity index (χ0v) is 9.37. The van der Waals surface area contributed by atoms with E-state index in [1.54, 1.807) is 0 Å². The van der Waals surface area contributed by atoms with Gasteiger partial charge in [0.05, 0.1) is 6.61 Å². The molecule has 0 aromatic rings. The Kier molecular flexibility index (Phi) is 3.82. The van der Waals surface area contributed by atoms with Crippen molar-refractivity contribution in [1.29, 1.82) is 0 Å². The zero-order valence-electron chi connectivity index (χ0n) is 9.37. The Labute approximate surface area is 87.6 Å². The second-order valence-corrected chi connectivity index (χ2v) is 4.75. The second-order valence-electron chi connectivity index (χ2n) is 4.75. The predicted molar refractivity (Wildman–Crippen MR) is 58.5 cm³/mol. The van der Waals surface area contributed by atoms with Crippen molar-refractivity contribution in [2.45, 2.75) is 57.0 Å². The van der Waals surface area contributed by atoms with Crippen molar-refractivity contribution >= 4 is 0 Å². The third kappa shape index (κ3) is 2.71. The number of rotatable bonds is 5. The van der Waals surface area contributed by atoms with Gasteiger partial charge < -0.3 is 4.74 Å². The Bertz CT molecular complexity index is 162. The quantitative estimate of drug-likeness (QED) is 0.671. The van der Waals surface area contributed by atoms with Gasteiger partial charge >= 0.3 is 0 Å². The SMILES string of the molecule is COCCN(C1CCCCC1)C1CC1. The van der Waals surface area contributed by atoms with E-state index in [2.05, 4.69) is 4.90 Å². The van der Waals surface area contributed by atoms with Crippen LogP contribution in [0.25, 0.3) is 0 Å². The monoisotopic (exact) mass is 197 g/mol. The first-order valence-corrected chi connectivity index (χ1v) is 6.16. The fraction of sp³-hybridized carbons (Fsp3) is 1.00. The highest BCUT2D eigenvalue weighted by Crippen LogP contribution is 2.33. The first-order chi connectivity index (χ1) is 6.92. The molecule has 2 fully saturated rings. The van der Waals surface area contributed by atoms with Crippen LogP contribution in [0.4, 0.5) is 0 Å². The van der Waals surface area contributed by atoms with E-state index in [1.807, 2.05) is 7.11 Å².